The summed E-state index contributed by atoms with van der Waals surface area (Å²) >= 11 is 0. The first-order valence-electron chi connectivity index (χ1n) is 6.89. The van der Waals surface area contributed by atoms with Gasteiger partial charge in [0, 0.05) is 18.0 Å². The van der Waals surface area contributed by atoms with Crippen molar-refractivity contribution in [3.8, 4) is 5.75 Å². The van der Waals surface area contributed by atoms with E-state index < -0.39 is 0 Å². The second-order valence-electron chi connectivity index (χ2n) is 6.54. The Hall–Kier alpha value is -1.02. The predicted molar refractivity (Wildman–Crippen MR) is 75.8 cm³/mol. The normalized spacial score (nSPS) is 18.1. The molecular formula is C16H25NO. The average molecular weight is 247 g/mol. The molecule has 0 bridgehead atoms. The lowest BCUT2D eigenvalue weighted by molar-refractivity contribution is 0.232. The molecule has 0 amide bonds. The topological polar surface area (TPSA) is 35.2 Å². The minimum Gasteiger partial charge on any atom is -0.493 e. The fourth-order valence-corrected chi connectivity index (χ4v) is 2.39. The fraction of sp³-hybridized carbons (Fsp3) is 0.625. The van der Waals surface area contributed by atoms with Gasteiger partial charge in [-0.1, -0.05) is 45.9 Å². The molecule has 1 heterocycles. The quantitative estimate of drug-likeness (QED) is 0.884. The summed E-state index contributed by atoms with van der Waals surface area (Å²) in [6.07, 6.45) is 2.02. The van der Waals surface area contributed by atoms with Gasteiger partial charge in [-0.15, -0.1) is 0 Å². The molecular weight excluding hydrogens is 222 g/mol. The van der Waals surface area contributed by atoms with Crippen molar-refractivity contribution in [2.24, 2.45) is 17.1 Å². The maximum atomic E-state index is 6.39. The molecule has 1 aromatic rings. The molecule has 100 valence electrons. The molecule has 2 heteroatoms. The van der Waals surface area contributed by atoms with Crippen LogP contribution in [0, 0.1) is 11.3 Å². The molecule has 2 N–H and O–H groups in total. The zero-order chi connectivity index (χ0) is 13.3. The number of hydrogen-bond donors (Lipinski definition) is 1. The van der Waals surface area contributed by atoms with Crippen LogP contribution in [0.25, 0.3) is 0 Å². The Bertz CT molecular complexity index is 420. The summed E-state index contributed by atoms with van der Waals surface area (Å²) in [5.41, 5.74) is 9.18. The van der Waals surface area contributed by atoms with Gasteiger partial charge in [-0.25, -0.2) is 0 Å². The van der Waals surface area contributed by atoms with Crippen LogP contribution in [0.3, 0.4) is 0 Å². The Morgan fingerprint density at radius 3 is 2.72 bits per heavy atom. The maximum absolute atomic E-state index is 6.39. The van der Waals surface area contributed by atoms with Gasteiger partial charge in [0.25, 0.3) is 0 Å². The van der Waals surface area contributed by atoms with Crippen LogP contribution in [0.4, 0.5) is 0 Å². The molecule has 0 saturated carbocycles. The van der Waals surface area contributed by atoms with E-state index in [4.69, 9.17) is 10.5 Å². The van der Waals surface area contributed by atoms with Crippen molar-refractivity contribution in [1.29, 1.82) is 0 Å². The molecule has 0 aromatic heterocycles. The van der Waals surface area contributed by atoms with E-state index in [1.165, 1.54) is 11.1 Å². The van der Waals surface area contributed by atoms with E-state index in [9.17, 15) is 0 Å². The zero-order valence-corrected chi connectivity index (χ0v) is 12.0. The van der Waals surface area contributed by atoms with Gasteiger partial charge in [0.1, 0.15) is 5.75 Å². The Morgan fingerprint density at radius 2 is 2.06 bits per heavy atom. The number of para-hydroxylation sites is 1. The molecule has 0 saturated heterocycles. The van der Waals surface area contributed by atoms with Crippen molar-refractivity contribution in [2.45, 2.75) is 46.6 Å². The molecule has 2 rings (SSSR count). The zero-order valence-electron chi connectivity index (χ0n) is 12.0. The van der Waals surface area contributed by atoms with Crippen LogP contribution in [-0.2, 0) is 6.42 Å². The first kappa shape index (κ1) is 13.4. The van der Waals surface area contributed by atoms with Crippen LogP contribution in [0.5, 0.6) is 5.75 Å². The highest BCUT2D eigenvalue weighted by Gasteiger charge is 2.25. The SMILES string of the molecule is CC(CC(N)c1cccc2c1OCC2)C(C)(C)C. The maximum Gasteiger partial charge on any atom is 0.127 e. The van der Waals surface area contributed by atoms with Crippen LogP contribution >= 0.6 is 0 Å². The molecule has 1 aromatic carbocycles. The summed E-state index contributed by atoms with van der Waals surface area (Å²) in [6.45, 7) is 9.90. The third-order valence-corrected chi connectivity index (χ3v) is 4.23. The molecule has 0 radical (unpaired) electrons. The van der Waals surface area contributed by atoms with Crippen LogP contribution in [0.2, 0.25) is 0 Å². The summed E-state index contributed by atoms with van der Waals surface area (Å²) < 4.78 is 5.74. The van der Waals surface area contributed by atoms with E-state index in [0.717, 1.165) is 25.2 Å². The third kappa shape index (κ3) is 2.69. The predicted octanol–water partition coefficient (Wildman–Crippen LogP) is 3.69. The van der Waals surface area contributed by atoms with Crippen molar-refractivity contribution in [3.05, 3.63) is 29.3 Å². The second kappa shape index (κ2) is 4.93. The molecule has 1 aliphatic rings. The van der Waals surface area contributed by atoms with Crippen molar-refractivity contribution in [1.82, 2.24) is 0 Å². The van der Waals surface area contributed by atoms with E-state index in [0.29, 0.717) is 11.3 Å². The van der Waals surface area contributed by atoms with E-state index in [-0.39, 0.29) is 6.04 Å². The van der Waals surface area contributed by atoms with Crippen molar-refractivity contribution < 1.29 is 4.74 Å². The van der Waals surface area contributed by atoms with Crippen LogP contribution in [-0.4, -0.2) is 6.61 Å². The van der Waals surface area contributed by atoms with Gasteiger partial charge in [0.15, 0.2) is 0 Å². The van der Waals surface area contributed by atoms with Crippen molar-refractivity contribution >= 4 is 0 Å². The van der Waals surface area contributed by atoms with Gasteiger partial charge >= 0.3 is 0 Å². The summed E-state index contributed by atoms with van der Waals surface area (Å²) in [5, 5.41) is 0. The van der Waals surface area contributed by atoms with E-state index in [2.05, 4.69) is 45.9 Å². The molecule has 0 aliphatic carbocycles. The number of benzene rings is 1. The average Bonchev–Trinajstić information content (AvgIpc) is 2.74. The summed E-state index contributed by atoms with van der Waals surface area (Å²) in [4.78, 5) is 0. The van der Waals surface area contributed by atoms with Gasteiger partial charge < -0.3 is 10.5 Å². The molecule has 0 spiro atoms. The third-order valence-electron chi connectivity index (χ3n) is 4.23. The summed E-state index contributed by atoms with van der Waals surface area (Å²) in [5.74, 6) is 1.64. The molecule has 2 atom stereocenters. The Morgan fingerprint density at radius 1 is 1.33 bits per heavy atom. The standard InChI is InChI=1S/C16H25NO/c1-11(16(2,3)4)10-14(17)13-7-5-6-12-8-9-18-15(12)13/h5-7,11,14H,8-10,17H2,1-4H3. The highest BCUT2D eigenvalue weighted by atomic mass is 16.5. The Labute approximate surface area is 111 Å². The lowest BCUT2D eigenvalue weighted by Gasteiger charge is -2.30. The molecule has 2 unspecified atom stereocenters. The van der Waals surface area contributed by atoms with Crippen LogP contribution < -0.4 is 10.5 Å². The number of rotatable bonds is 3. The van der Waals surface area contributed by atoms with E-state index in [1.54, 1.807) is 0 Å². The minimum atomic E-state index is 0.0762. The van der Waals surface area contributed by atoms with Crippen molar-refractivity contribution in [3.63, 3.8) is 0 Å². The molecule has 1 aliphatic heterocycles. The first-order valence-corrected chi connectivity index (χ1v) is 6.89. The number of fused-ring (bicyclic) bond motifs is 1. The highest BCUT2D eigenvalue weighted by Crippen LogP contribution is 2.37. The number of nitrogens with two attached hydrogens (primary N) is 1. The largest absolute Gasteiger partial charge is 0.493 e. The first-order chi connectivity index (χ1) is 8.39. The van der Waals surface area contributed by atoms with Gasteiger partial charge in [0.2, 0.25) is 0 Å². The van der Waals surface area contributed by atoms with Crippen LogP contribution in [0.1, 0.15) is 51.3 Å². The Kier molecular flexibility index (Phi) is 3.67. The lowest BCUT2D eigenvalue weighted by Crippen LogP contribution is -2.23. The van der Waals surface area contributed by atoms with E-state index in [1.807, 2.05) is 0 Å². The van der Waals surface area contributed by atoms with Gasteiger partial charge in [0.05, 0.1) is 6.61 Å². The number of ether oxygens (including phenoxy) is 1. The van der Waals surface area contributed by atoms with Crippen molar-refractivity contribution in [2.75, 3.05) is 6.61 Å². The Balaban J connectivity index is 2.15. The second-order valence-corrected chi connectivity index (χ2v) is 6.54. The van der Waals surface area contributed by atoms with Crippen LogP contribution in [0.15, 0.2) is 18.2 Å². The molecule has 18 heavy (non-hydrogen) atoms. The van der Waals surface area contributed by atoms with Gasteiger partial charge in [-0.2, -0.15) is 0 Å². The molecule has 0 fully saturated rings. The molecule has 2 nitrogen and oxygen atoms in total. The fourth-order valence-electron chi connectivity index (χ4n) is 2.39. The van der Waals surface area contributed by atoms with E-state index >= 15 is 0 Å². The number of hydrogen-bond acceptors (Lipinski definition) is 2. The smallest absolute Gasteiger partial charge is 0.127 e. The monoisotopic (exact) mass is 247 g/mol. The van der Waals surface area contributed by atoms with Gasteiger partial charge in [-0.3, -0.25) is 0 Å². The highest BCUT2D eigenvalue weighted by molar-refractivity contribution is 5.45. The van der Waals surface area contributed by atoms with Gasteiger partial charge in [-0.05, 0) is 23.3 Å². The summed E-state index contributed by atoms with van der Waals surface area (Å²) in [6, 6.07) is 6.44. The summed E-state index contributed by atoms with van der Waals surface area (Å²) in [7, 11) is 0. The minimum absolute atomic E-state index is 0.0762. The lowest BCUT2D eigenvalue weighted by atomic mass is 9.77.